The van der Waals surface area contributed by atoms with Crippen LogP contribution in [0.3, 0.4) is 0 Å². The Balaban J connectivity index is 1.53. The van der Waals surface area contributed by atoms with Crippen molar-refractivity contribution >= 4 is 39.2 Å². The van der Waals surface area contributed by atoms with Crippen molar-refractivity contribution in [2.45, 2.75) is 6.54 Å². The third-order valence-corrected chi connectivity index (χ3v) is 5.07. The van der Waals surface area contributed by atoms with Crippen LogP contribution in [0.2, 0.25) is 0 Å². The van der Waals surface area contributed by atoms with Crippen LogP contribution in [0.4, 0.5) is 5.82 Å². The van der Waals surface area contributed by atoms with Crippen LogP contribution in [0, 0.1) is 0 Å². The molecule has 4 aromatic rings. The molecule has 1 aromatic heterocycles. The number of nitrogens with one attached hydrogen (secondary N) is 2. The first kappa shape index (κ1) is 20.6. The predicted molar refractivity (Wildman–Crippen MR) is 123 cm³/mol. The molecule has 0 aliphatic carbocycles. The number of amides is 2. The van der Waals surface area contributed by atoms with Crippen LogP contribution in [0.5, 0.6) is 0 Å². The van der Waals surface area contributed by atoms with Gasteiger partial charge in [0.25, 0.3) is 5.91 Å². The molecular weight excluding hydrogens is 390 g/mol. The molecule has 2 amide bonds. The Morgan fingerprint density at radius 1 is 0.968 bits per heavy atom. The average molecular weight is 415 g/mol. The smallest absolute Gasteiger partial charge is 0.258 e. The molecule has 0 unspecified atom stereocenters. The highest BCUT2D eigenvalue weighted by Gasteiger charge is 2.16. The number of benzene rings is 3. The number of fused-ring (bicyclic) bond motifs is 2. The minimum atomic E-state index is -0.228. The van der Waals surface area contributed by atoms with Crippen LogP contribution in [-0.4, -0.2) is 53.7 Å². The Bertz CT molecular complexity index is 1190. The molecule has 1 heterocycles. The standard InChI is InChI=1S/C24H25N5O2/c1-28(2)14-12-25-22(30)16-29-13-11-21(27-29)26-24(31)23-19-9-5-3-7-17(19)15-18-8-4-6-10-20(18)23/h3-11,13,15H,12,14,16H2,1-2H3,(H,25,30)(H,26,27,31). The minimum absolute atomic E-state index is 0.0977. The highest BCUT2D eigenvalue weighted by Crippen LogP contribution is 2.29. The summed E-state index contributed by atoms with van der Waals surface area (Å²) in [4.78, 5) is 27.3. The molecule has 0 radical (unpaired) electrons. The van der Waals surface area contributed by atoms with E-state index in [1.807, 2.05) is 67.5 Å². The highest BCUT2D eigenvalue weighted by atomic mass is 16.2. The maximum absolute atomic E-state index is 13.2. The number of carbonyl (C=O) groups excluding carboxylic acids is 2. The SMILES string of the molecule is CN(C)CCNC(=O)Cn1ccc(NC(=O)c2c3ccccc3cc3ccccc23)n1. The Kier molecular flexibility index (Phi) is 5.95. The van der Waals surface area contributed by atoms with E-state index in [0.717, 1.165) is 28.1 Å². The maximum atomic E-state index is 13.2. The fourth-order valence-electron chi connectivity index (χ4n) is 3.58. The molecule has 0 saturated carbocycles. The molecule has 2 N–H and O–H groups in total. The van der Waals surface area contributed by atoms with Crippen LogP contribution in [0.1, 0.15) is 10.4 Å². The topological polar surface area (TPSA) is 79.3 Å². The summed E-state index contributed by atoms with van der Waals surface area (Å²) in [6.07, 6.45) is 1.68. The van der Waals surface area contributed by atoms with Crippen molar-refractivity contribution < 1.29 is 9.59 Å². The Morgan fingerprint density at radius 2 is 1.61 bits per heavy atom. The molecule has 0 saturated heterocycles. The number of anilines is 1. The van der Waals surface area contributed by atoms with Gasteiger partial charge in [0, 0.05) is 25.4 Å². The van der Waals surface area contributed by atoms with E-state index in [-0.39, 0.29) is 18.4 Å². The zero-order valence-electron chi connectivity index (χ0n) is 17.6. The first-order chi connectivity index (χ1) is 15.0. The van der Waals surface area contributed by atoms with Gasteiger partial charge >= 0.3 is 0 Å². The first-order valence-electron chi connectivity index (χ1n) is 10.2. The minimum Gasteiger partial charge on any atom is -0.353 e. The molecule has 0 aliphatic heterocycles. The summed E-state index contributed by atoms with van der Waals surface area (Å²) < 4.78 is 1.52. The normalized spacial score (nSPS) is 11.2. The summed E-state index contributed by atoms with van der Waals surface area (Å²) in [6.45, 7) is 1.44. The lowest BCUT2D eigenvalue weighted by molar-refractivity contribution is -0.121. The molecule has 7 nitrogen and oxygen atoms in total. The lowest BCUT2D eigenvalue weighted by atomic mass is 9.96. The molecule has 158 valence electrons. The molecule has 0 fully saturated rings. The van der Waals surface area contributed by atoms with Gasteiger partial charge in [-0.25, -0.2) is 0 Å². The Hall–Kier alpha value is -3.71. The maximum Gasteiger partial charge on any atom is 0.258 e. The molecule has 0 bridgehead atoms. The van der Waals surface area contributed by atoms with E-state index < -0.39 is 0 Å². The van der Waals surface area contributed by atoms with E-state index in [2.05, 4.69) is 21.8 Å². The van der Waals surface area contributed by atoms with Gasteiger partial charge < -0.3 is 15.5 Å². The van der Waals surface area contributed by atoms with Crippen molar-refractivity contribution in [1.82, 2.24) is 20.0 Å². The zero-order valence-corrected chi connectivity index (χ0v) is 17.6. The lowest BCUT2D eigenvalue weighted by Gasteiger charge is -2.11. The van der Waals surface area contributed by atoms with E-state index in [1.165, 1.54) is 4.68 Å². The summed E-state index contributed by atoms with van der Waals surface area (Å²) in [5.41, 5.74) is 0.615. The van der Waals surface area contributed by atoms with E-state index in [0.29, 0.717) is 17.9 Å². The van der Waals surface area contributed by atoms with Gasteiger partial charge in [-0.15, -0.1) is 0 Å². The third kappa shape index (κ3) is 4.73. The van der Waals surface area contributed by atoms with Gasteiger partial charge in [-0.2, -0.15) is 5.10 Å². The fraction of sp³-hybridized carbons (Fsp3) is 0.208. The van der Waals surface area contributed by atoms with Crippen LogP contribution in [0.25, 0.3) is 21.5 Å². The molecule has 3 aromatic carbocycles. The van der Waals surface area contributed by atoms with E-state index >= 15 is 0 Å². The largest absolute Gasteiger partial charge is 0.353 e. The lowest BCUT2D eigenvalue weighted by Crippen LogP contribution is -2.33. The van der Waals surface area contributed by atoms with Crippen molar-refractivity contribution in [3.8, 4) is 0 Å². The summed E-state index contributed by atoms with van der Waals surface area (Å²) >= 11 is 0. The first-order valence-corrected chi connectivity index (χ1v) is 10.2. The van der Waals surface area contributed by atoms with Crippen molar-refractivity contribution in [1.29, 1.82) is 0 Å². The van der Waals surface area contributed by atoms with Gasteiger partial charge in [-0.05, 0) is 41.7 Å². The van der Waals surface area contributed by atoms with Crippen LogP contribution < -0.4 is 10.6 Å². The number of hydrogen-bond acceptors (Lipinski definition) is 4. The van der Waals surface area contributed by atoms with E-state index in [4.69, 9.17) is 0 Å². The van der Waals surface area contributed by atoms with Crippen molar-refractivity contribution in [2.24, 2.45) is 0 Å². The van der Waals surface area contributed by atoms with Crippen molar-refractivity contribution in [3.05, 3.63) is 72.4 Å². The number of likely N-dealkylation sites (N-methyl/N-ethyl adjacent to an activating group) is 1. The summed E-state index contributed by atoms with van der Waals surface area (Å²) in [7, 11) is 3.90. The van der Waals surface area contributed by atoms with Gasteiger partial charge in [0.1, 0.15) is 6.54 Å². The Morgan fingerprint density at radius 3 is 2.26 bits per heavy atom. The Labute approximate surface area is 180 Å². The van der Waals surface area contributed by atoms with E-state index in [9.17, 15) is 9.59 Å². The second kappa shape index (κ2) is 8.97. The highest BCUT2D eigenvalue weighted by molar-refractivity contribution is 6.21. The summed E-state index contributed by atoms with van der Waals surface area (Å²) in [5.74, 6) is 0.0552. The molecule has 0 atom stereocenters. The molecular formula is C24H25N5O2. The fourth-order valence-corrected chi connectivity index (χ4v) is 3.58. The third-order valence-electron chi connectivity index (χ3n) is 5.07. The van der Waals surface area contributed by atoms with Crippen molar-refractivity contribution in [3.63, 3.8) is 0 Å². The number of hydrogen-bond donors (Lipinski definition) is 2. The van der Waals surface area contributed by atoms with Gasteiger partial charge in [0.05, 0.1) is 5.56 Å². The van der Waals surface area contributed by atoms with Gasteiger partial charge in [0.15, 0.2) is 5.82 Å². The second-order valence-corrected chi connectivity index (χ2v) is 7.70. The molecule has 4 rings (SSSR count). The van der Waals surface area contributed by atoms with Gasteiger partial charge in [-0.3, -0.25) is 14.3 Å². The number of rotatable bonds is 7. The number of nitrogens with zero attached hydrogens (tertiary/aromatic N) is 3. The van der Waals surface area contributed by atoms with Gasteiger partial charge in [0.2, 0.25) is 5.91 Å². The van der Waals surface area contributed by atoms with Crippen molar-refractivity contribution in [2.75, 3.05) is 32.5 Å². The second-order valence-electron chi connectivity index (χ2n) is 7.70. The van der Waals surface area contributed by atoms with Crippen LogP contribution >= 0.6 is 0 Å². The monoisotopic (exact) mass is 415 g/mol. The summed E-state index contributed by atoms with van der Waals surface area (Å²) in [6, 6.07) is 19.5. The molecule has 0 aliphatic rings. The molecule has 0 spiro atoms. The average Bonchev–Trinajstić information content (AvgIpc) is 3.18. The predicted octanol–water partition coefficient (Wildman–Crippen LogP) is 3.12. The zero-order chi connectivity index (χ0) is 21.8. The van der Waals surface area contributed by atoms with Gasteiger partial charge in [-0.1, -0.05) is 48.5 Å². The number of aromatic nitrogens is 2. The van der Waals surface area contributed by atoms with Crippen LogP contribution in [-0.2, 0) is 11.3 Å². The number of carbonyl (C=O) groups is 2. The summed E-state index contributed by atoms with van der Waals surface area (Å²) in [5, 5.41) is 13.9. The molecule has 7 heteroatoms. The molecule has 31 heavy (non-hydrogen) atoms. The van der Waals surface area contributed by atoms with Crippen LogP contribution in [0.15, 0.2) is 66.9 Å². The van der Waals surface area contributed by atoms with E-state index in [1.54, 1.807) is 12.3 Å². The quantitative estimate of drug-likeness (QED) is 0.455.